The average molecular weight is 339 g/mol. The molecule has 0 fully saturated rings. The number of furan rings is 1. The Morgan fingerprint density at radius 3 is 2.52 bits per heavy atom. The monoisotopic (exact) mass is 339 g/mol. The van der Waals surface area contributed by atoms with Gasteiger partial charge in [-0.1, -0.05) is 0 Å². The third kappa shape index (κ3) is 4.13. The van der Waals surface area contributed by atoms with Gasteiger partial charge in [0.2, 0.25) is 5.91 Å². The number of anilines is 1. The van der Waals surface area contributed by atoms with Crippen LogP contribution in [0, 0.1) is 6.92 Å². The molecule has 2 heterocycles. The van der Waals surface area contributed by atoms with E-state index < -0.39 is 0 Å². The molecule has 0 radical (unpaired) electrons. The smallest absolute Gasteiger partial charge is 0.241 e. The largest absolute Gasteiger partial charge is 0.465 e. The second-order valence-corrected chi connectivity index (χ2v) is 5.93. The molecule has 0 saturated carbocycles. The molecule has 0 aliphatic heterocycles. The van der Waals surface area contributed by atoms with Crippen molar-refractivity contribution in [2.24, 2.45) is 0 Å². The number of hydrogen-bond acceptors (Lipinski definition) is 5. The maximum absolute atomic E-state index is 12.4. The van der Waals surface area contributed by atoms with Crippen molar-refractivity contribution in [3.63, 3.8) is 0 Å². The van der Waals surface area contributed by atoms with Gasteiger partial charge >= 0.3 is 0 Å². The summed E-state index contributed by atoms with van der Waals surface area (Å²) in [6.45, 7) is 5.69. The quantitative estimate of drug-likeness (QED) is 0.721. The Morgan fingerprint density at radius 1 is 1.16 bits per heavy atom. The Balaban J connectivity index is 1.57. The first-order chi connectivity index (χ1) is 12.0. The van der Waals surface area contributed by atoms with Gasteiger partial charge < -0.3 is 9.73 Å². The van der Waals surface area contributed by atoms with Crippen LogP contribution in [0.15, 0.2) is 53.5 Å². The predicted octanol–water partition coefficient (Wildman–Crippen LogP) is 2.85. The molecular formula is C18H21N5O2. The van der Waals surface area contributed by atoms with Crippen molar-refractivity contribution < 1.29 is 9.21 Å². The molecule has 3 aromatic rings. The molecule has 0 spiro atoms. The number of aryl methyl sites for hydroxylation is 1. The minimum Gasteiger partial charge on any atom is -0.465 e. The second-order valence-electron chi connectivity index (χ2n) is 5.93. The van der Waals surface area contributed by atoms with E-state index in [0.29, 0.717) is 0 Å². The molecule has 130 valence electrons. The Kier molecular flexibility index (Phi) is 4.95. The van der Waals surface area contributed by atoms with Crippen LogP contribution >= 0.6 is 0 Å². The van der Waals surface area contributed by atoms with Gasteiger partial charge in [0.25, 0.3) is 0 Å². The predicted molar refractivity (Wildman–Crippen MR) is 94.4 cm³/mol. The lowest BCUT2D eigenvalue weighted by Gasteiger charge is -2.18. The number of nitrogens with zero attached hydrogens (tertiary/aromatic N) is 3. The van der Waals surface area contributed by atoms with E-state index in [9.17, 15) is 4.79 Å². The zero-order chi connectivity index (χ0) is 17.8. The minimum absolute atomic E-state index is 0.0517. The minimum atomic E-state index is -0.365. The van der Waals surface area contributed by atoms with E-state index in [1.54, 1.807) is 11.0 Å². The summed E-state index contributed by atoms with van der Waals surface area (Å²) < 4.78 is 7.24. The number of rotatable bonds is 6. The number of carbonyl (C=O) groups excluding carboxylic acids is 1. The lowest BCUT2D eigenvalue weighted by Crippen LogP contribution is -2.39. The molecule has 2 unspecified atom stereocenters. The molecule has 7 nitrogen and oxygen atoms in total. The van der Waals surface area contributed by atoms with Crippen molar-refractivity contribution in [1.29, 1.82) is 0 Å². The summed E-state index contributed by atoms with van der Waals surface area (Å²) in [6, 6.07) is 10.8. The van der Waals surface area contributed by atoms with Gasteiger partial charge in [0.05, 0.1) is 17.8 Å². The number of nitrogens with one attached hydrogen (secondary N) is 2. The van der Waals surface area contributed by atoms with Gasteiger partial charge in [-0.05, 0) is 57.2 Å². The Bertz CT molecular complexity index is 824. The zero-order valence-corrected chi connectivity index (χ0v) is 14.4. The molecule has 0 aliphatic carbocycles. The highest BCUT2D eigenvalue weighted by molar-refractivity contribution is 5.94. The molecule has 1 amide bonds. The molecule has 7 heteroatoms. The molecule has 2 aromatic heterocycles. The molecule has 2 atom stereocenters. The average Bonchev–Trinajstić information content (AvgIpc) is 3.27. The van der Waals surface area contributed by atoms with Crippen LogP contribution in [-0.2, 0) is 4.79 Å². The van der Waals surface area contributed by atoms with Gasteiger partial charge in [-0.15, -0.1) is 0 Å². The summed E-state index contributed by atoms with van der Waals surface area (Å²) in [6.07, 6.45) is 3.10. The van der Waals surface area contributed by atoms with E-state index >= 15 is 0 Å². The number of benzene rings is 1. The molecule has 2 N–H and O–H groups in total. The molecule has 1 aromatic carbocycles. The van der Waals surface area contributed by atoms with E-state index in [0.717, 1.165) is 22.9 Å². The third-order valence-corrected chi connectivity index (χ3v) is 3.90. The van der Waals surface area contributed by atoms with E-state index in [2.05, 4.69) is 20.7 Å². The van der Waals surface area contributed by atoms with Gasteiger partial charge in [0.1, 0.15) is 24.2 Å². The number of carbonyl (C=O) groups is 1. The standard InChI is InChI=1S/C18H21N5O2/c1-12-4-9-17(25-12)13(2)21-14(3)18(24)22-15-5-7-16(8-6-15)23-11-19-10-20-23/h4-11,13-14,21H,1-3H3,(H,22,24). The van der Waals surface area contributed by atoms with Crippen molar-refractivity contribution in [3.8, 4) is 5.69 Å². The topological polar surface area (TPSA) is 85.0 Å². The van der Waals surface area contributed by atoms with Crippen molar-refractivity contribution in [2.75, 3.05) is 5.32 Å². The van der Waals surface area contributed by atoms with Crippen molar-refractivity contribution in [3.05, 3.63) is 60.6 Å². The van der Waals surface area contributed by atoms with Gasteiger partial charge in [-0.25, -0.2) is 9.67 Å². The van der Waals surface area contributed by atoms with Crippen molar-refractivity contribution in [2.45, 2.75) is 32.9 Å². The van der Waals surface area contributed by atoms with Crippen LogP contribution in [0.1, 0.15) is 31.4 Å². The van der Waals surface area contributed by atoms with Crippen molar-refractivity contribution >= 4 is 11.6 Å². The molecule has 0 bridgehead atoms. The first-order valence-electron chi connectivity index (χ1n) is 8.11. The van der Waals surface area contributed by atoms with Gasteiger partial charge in [0.15, 0.2) is 0 Å². The third-order valence-electron chi connectivity index (χ3n) is 3.90. The first-order valence-corrected chi connectivity index (χ1v) is 8.11. The van der Waals surface area contributed by atoms with Gasteiger partial charge in [-0.3, -0.25) is 10.1 Å². The lowest BCUT2D eigenvalue weighted by atomic mass is 10.2. The first kappa shape index (κ1) is 16.9. The number of amides is 1. The van der Waals surface area contributed by atoms with Crippen LogP contribution in [0.25, 0.3) is 5.69 Å². The fourth-order valence-corrected chi connectivity index (χ4v) is 2.51. The van der Waals surface area contributed by atoms with Crippen LogP contribution in [-0.4, -0.2) is 26.7 Å². The van der Waals surface area contributed by atoms with E-state index in [1.807, 2.05) is 57.2 Å². The lowest BCUT2D eigenvalue weighted by molar-refractivity contribution is -0.118. The zero-order valence-electron chi connectivity index (χ0n) is 14.4. The van der Waals surface area contributed by atoms with E-state index in [4.69, 9.17) is 4.42 Å². The second kappa shape index (κ2) is 7.31. The van der Waals surface area contributed by atoms with Crippen molar-refractivity contribution in [1.82, 2.24) is 20.1 Å². The Morgan fingerprint density at radius 2 is 1.92 bits per heavy atom. The van der Waals surface area contributed by atoms with Crippen LogP contribution in [0.5, 0.6) is 0 Å². The highest BCUT2D eigenvalue weighted by atomic mass is 16.3. The molecular weight excluding hydrogens is 318 g/mol. The fourth-order valence-electron chi connectivity index (χ4n) is 2.51. The molecule has 3 rings (SSSR count). The summed E-state index contributed by atoms with van der Waals surface area (Å²) in [5.74, 6) is 1.56. The summed E-state index contributed by atoms with van der Waals surface area (Å²) in [5.41, 5.74) is 1.60. The van der Waals surface area contributed by atoms with Gasteiger partial charge in [0, 0.05) is 5.69 Å². The van der Waals surface area contributed by atoms with E-state index in [-0.39, 0.29) is 18.0 Å². The number of hydrogen-bond donors (Lipinski definition) is 2. The summed E-state index contributed by atoms with van der Waals surface area (Å²) >= 11 is 0. The molecule has 0 aliphatic rings. The maximum Gasteiger partial charge on any atom is 0.241 e. The summed E-state index contributed by atoms with van der Waals surface area (Å²) in [7, 11) is 0. The molecule has 25 heavy (non-hydrogen) atoms. The Hall–Kier alpha value is -2.93. The number of aromatic nitrogens is 3. The maximum atomic E-state index is 12.4. The van der Waals surface area contributed by atoms with Crippen LogP contribution < -0.4 is 10.6 Å². The summed E-state index contributed by atoms with van der Waals surface area (Å²) in [4.78, 5) is 16.3. The summed E-state index contributed by atoms with van der Waals surface area (Å²) in [5, 5.41) is 10.2. The SMILES string of the molecule is Cc1ccc(C(C)NC(C)C(=O)Nc2ccc(-n3cncn3)cc2)o1. The normalized spacial score (nSPS) is 13.4. The Labute approximate surface area is 146 Å². The van der Waals surface area contributed by atoms with Crippen LogP contribution in [0.4, 0.5) is 5.69 Å². The van der Waals surface area contributed by atoms with Crippen LogP contribution in [0.3, 0.4) is 0 Å². The molecule has 0 saturated heterocycles. The van der Waals surface area contributed by atoms with Crippen LogP contribution in [0.2, 0.25) is 0 Å². The fraction of sp³-hybridized carbons (Fsp3) is 0.278. The highest BCUT2D eigenvalue weighted by Crippen LogP contribution is 2.17. The highest BCUT2D eigenvalue weighted by Gasteiger charge is 2.18. The van der Waals surface area contributed by atoms with E-state index in [1.165, 1.54) is 6.33 Å². The van der Waals surface area contributed by atoms with Gasteiger partial charge in [-0.2, -0.15) is 5.10 Å².